The number of alkyl halides is 3. The van der Waals surface area contributed by atoms with Gasteiger partial charge in [-0.15, -0.1) is 0 Å². The van der Waals surface area contributed by atoms with Gasteiger partial charge in [0, 0.05) is 22.8 Å². The maximum Gasteiger partial charge on any atom is 0.422 e. The molecule has 6 N–H and O–H groups in total. The molecule has 2 aromatic carbocycles. The van der Waals surface area contributed by atoms with Gasteiger partial charge in [0.25, 0.3) is 11.9 Å². The molecule has 3 saturated carbocycles. The van der Waals surface area contributed by atoms with Gasteiger partial charge in [0.1, 0.15) is 5.82 Å². The average molecular weight is 724 g/mol. The molecule has 3 aliphatic carbocycles. The summed E-state index contributed by atoms with van der Waals surface area (Å²) in [7, 11) is -3.80. The Morgan fingerprint density at radius 3 is 2.18 bits per heavy atom. The number of rotatable bonds is 13. The molecule has 264 valence electrons. The fraction of sp³-hybridized carbons (Fsp3) is 0.438. The number of sulfonamides is 1. The Kier molecular flexibility index (Phi) is 9.94. The van der Waals surface area contributed by atoms with Crippen molar-refractivity contribution >= 4 is 51.1 Å². The molecular weight excluding hydrogens is 687 g/mol. The van der Waals surface area contributed by atoms with E-state index in [9.17, 15) is 31.2 Å². The highest BCUT2D eigenvalue weighted by molar-refractivity contribution is 7.91. The summed E-state index contributed by atoms with van der Waals surface area (Å²) in [6.07, 6.45) is -0.978. The van der Waals surface area contributed by atoms with Gasteiger partial charge in [0.05, 0.1) is 15.7 Å². The van der Waals surface area contributed by atoms with Crippen molar-refractivity contribution in [2.45, 2.75) is 68.3 Å². The molecule has 5 rings (SSSR count). The lowest BCUT2D eigenvalue weighted by molar-refractivity contribution is -0.156. The molecule has 0 atom stereocenters. The molecule has 0 radical (unpaired) electrons. The van der Waals surface area contributed by atoms with Crippen molar-refractivity contribution in [2.75, 3.05) is 18.5 Å². The Morgan fingerprint density at radius 2 is 1.65 bits per heavy atom. The standard InChI is InChI=1S/C32H37ClF3N7O5S/c1-3-30(14-15-30)49(46,47)43-26(45)29(12-13-29)18-38-25(44)21-4-10-24(11-5-21)39-20(2)40-28(48-19-32(34,35)36)41-27(37)42-31(16-17-31)22-6-8-23(33)9-7-22/h4-11,39H,2-3,12-19H2,1H3,(H,38,44)(H,43,45)(H3,37,40,41,42). The number of carbonyl (C=O) groups is 2. The Labute approximate surface area is 286 Å². The highest BCUT2D eigenvalue weighted by atomic mass is 35.5. The predicted octanol–water partition coefficient (Wildman–Crippen LogP) is 4.65. The highest BCUT2D eigenvalue weighted by Crippen LogP contribution is 2.50. The number of ether oxygens (including phenoxy) is 1. The van der Waals surface area contributed by atoms with E-state index in [1.54, 1.807) is 31.2 Å². The van der Waals surface area contributed by atoms with E-state index in [1.165, 1.54) is 24.3 Å². The number of halogens is 4. The largest absolute Gasteiger partial charge is 0.455 e. The second kappa shape index (κ2) is 13.5. The molecule has 0 spiro atoms. The number of hydrogen-bond donors (Lipinski definition) is 5. The minimum atomic E-state index is -4.66. The van der Waals surface area contributed by atoms with Gasteiger partial charge in [-0.2, -0.15) is 18.2 Å². The molecule has 49 heavy (non-hydrogen) atoms. The second-order valence-corrected chi connectivity index (χ2v) is 15.1. The Bertz CT molecular complexity index is 1770. The summed E-state index contributed by atoms with van der Waals surface area (Å²) < 4.78 is 70.4. The van der Waals surface area contributed by atoms with Crippen LogP contribution in [0.15, 0.2) is 70.9 Å². The molecule has 0 bridgehead atoms. The lowest BCUT2D eigenvalue weighted by Crippen LogP contribution is -2.46. The third-order valence-corrected chi connectivity index (χ3v) is 11.4. The first-order chi connectivity index (χ1) is 23.0. The lowest BCUT2D eigenvalue weighted by Gasteiger charge is -2.20. The number of carbonyl (C=O) groups excluding carboxylic acids is 2. The maximum absolute atomic E-state index is 13.0. The lowest BCUT2D eigenvalue weighted by atomic mass is 10.1. The zero-order chi connectivity index (χ0) is 35.7. The summed E-state index contributed by atoms with van der Waals surface area (Å²) in [4.78, 5) is 34.0. The van der Waals surface area contributed by atoms with Crippen LogP contribution in [-0.4, -0.2) is 56.3 Å². The molecular formula is C32H37ClF3N7O5S. The van der Waals surface area contributed by atoms with Gasteiger partial charge >= 0.3 is 6.18 Å². The van der Waals surface area contributed by atoms with E-state index in [1.807, 2.05) is 0 Å². The number of amidine groups is 1. The zero-order valence-corrected chi connectivity index (χ0v) is 28.2. The van der Waals surface area contributed by atoms with Crippen LogP contribution in [0, 0.1) is 5.41 Å². The summed E-state index contributed by atoms with van der Waals surface area (Å²) in [5.41, 5.74) is 5.88. The molecule has 2 amide bonds. The fourth-order valence-electron chi connectivity index (χ4n) is 5.25. The van der Waals surface area contributed by atoms with Crippen LogP contribution >= 0.6 is 11.6 Å². The number of nitrogens with zero attached hydrogens (tertiary/aromatic N) is 2. The van der Waals surface area contributed by atoms with Crippen LogP contribution < -0.4 is 26.4 Å². The first-order valence-corrected chi connectivity index (χ1v) is 17.4. The van der Waals surface area contributed by atoms with Crippen molar-refractivity contribution in [1.82, 2.24) is 15.4 Å². The van der Waals surface area contributed by atoms with E-state index >= 15 is 0 Å². The Hall–Kier alpha value is -4.31. The summed E-state index contributed by atoms with van der Waals surface area (Å²) >= 11 is 5.97. The summed E-state index contributed by atoms with van der Waals surface area (Å²) in [5.74, 6) is -1.41. The van der Waals surface area contributed by atoms with Gasteiger partial charge in [-0.25, -0.2) is 13.4 Å². The first kappa shape index (κ1) is 36.0. The first-order valence-electron chi connectivity index (χ1n) is 15.6. The molecule has 17 heteroatoms. The summed E-state index contributed by atoms with van der Waals surface area (Å²) in [6.45, 7) is 3.85. The van der Waals surface area contributed by atoms with E-state index in [0.29, 0.717) is 55.7 Å². The predicted molar refractivity (Wildman–Crippen MR) is 179 cm³/mol. The van der Waals surface area contributed by atoms with Crippen molar-refractivity contribution in [3.63, 3.8) is 0 Å². The molecule has 0 aliphatic heterocycles. The summed E-state index contributed by atoms with van der Waals surface area (Å²) in [6, 6.07) is 12.4. The maximum atomic E-state index is 13.0. The van der Waals surface area contributed by atoms with Crippen LogP contribution in [0.1, 0.15) is 67.8 Å². The van der Waals surface area contributed by atoms with E-state index in [-0.39, 0.29) is 23.9 Å². The van der Waals surface area contributed by atoms with Crippen LogP contribution in [0.5, 0.6) is 0 Å². The van der Waals surface area contributed by atoms with Crippen LogP contribution in [0.2, 0.25) is 5.02 Å². The molecule has 0 saturated heterocycles. The van der Waals surface area contributed by atoms with Crippen molar-refractivity contribution in [3.8, 4) is 0 Å². The number of anilines is 1. The van der Waals surface area contributed by atoms with Crippen LogP contribution in [0.3, 0.4) is 0 Å². The molecule has 3 fully saturated rings. The van der Waals surface area contributed by atoms with Crippen molar-refractivity contribution in [2.24, 2.45) is 21.1 Å². The molecule has 0 heterocycles. The molecule has 12 nitrogen and oxygen atoms in total. The highest BCUT2D eigenvalue weighted by Gasteiger charge is 2.57. The van der Waals surface area contributed by atoms with E-state index in [2.05, 4.69) is 37.2 Å². The van der Waals surface area contributed by atoms with Crippen LogP contribution in [0.25, 0.3) is 0 Å². The minimum absolute atomic E-state index is 0.0162. The van der Waals surface area contributed by atoms with Crippen molar-refractivity contribution in [3.05, 3.63) is 77.1 Å². The monoisotopic (exact) mass is 723 g/mol. The smallest absolute Gasteiger partial charge is 0.422 e. The fourth-order valence-corrected chi connectivity index (χ4v) is 7.08. The number of aliphatic imine (C=N–C) groups is 2. The van der Waals surface area contributed by atoms with E-state index < -0.39 is 56.3 Å². The number of nitrogens with one attached hydrogen (secondary N) is 4. The van der Waals surface area contributed by atoms with Gasteiger partial charge in [-0.1, -0.05) is 37.2 Å². The van der Waals surface area contributed by atoms with Gasteiger partial charge < -0.3 is 21.1 Å². The molecule has 0 aromatic heterocycles. The third-order valence-electron chi connectivity index (χ3n) is 8.89. The molecule has 2 aromatic rings. The van der Waals surface area contributed by atoms with Gasteiger partial charge in [-0.05, 0) is 86.9 Å². The summed E-state index contributed by atoms with van der Waals surface area (Å²) in [5, 5.41) is 8.62. The number of amides is 2. The molecule has 3 aliphatic rings. The SMILES string of the molecule is C=C(N/C(=N\C(N)=NC1(c2ccc(Cl)cc2)CC1)OCC(F)(F)F)Nc1ccc(C(=O)NCC2(C(=O)NS(=O)(=O)C3(CC)CC3)CC2)cc1. The normalized spacial score (nSPS) is 18.9. The number of nitrogens with two attached hydrogens (primary N) is 1. The topological polar surface area (TPSA) is 176 Å². The van der Waals surface area contributed by atoms with Crippen LogP contribution in [-0.2, 0) is 25.1 Å². The van der Waals surface area contributed by atoms with Crippen molar-refractivity contribution in [1.29, 1.82) is 0 Å². The number of benzene rings is 2. The number of hydrogen-bond acceptors (Lipinski definition) is 7. The second-order valence-electron chi connectivity index (χ2n) is 12.6. The minimum Gasteiger partial charge on any atom is -0.455 e. The van der Waals surface area contributed by atoms with E-state index in [4.69, 9.17) is 22.1 Å². The number of guanidine groups is 1. The third kappa shape index (κ3) is 8.84. The average Bonchev–Trinajstić information content (AvgIpc) is 3.91. The van der Waals surface area contributed by atoms with Gasteiger partial charge in [0.15, 0.2) is 6.61 Å². The zero-order valence-electron chi connectivity index (χ0n) is 26.6. The van der Waals surface area contributed by atoms with Gasteiger partial charge in [-0.3, -0.25) is 19.6 Å². The Balaban J connectivity index is 1.17. The van der Waals surface area contributed by atoms with E-state index in [0.717, 1.165) is 5.56 Å². The quantitative estimate of drug-likeness (QED) is 0.147. The molecule has 0 unspecified atom stereocenters. The van der Waals surface area contributed by atoms with Gasteiger partial charge in [0.2, 0.25) is 21.9 Å². The van der Waals surface area contributed by atoms with Crippen LogP contribution in [0.4, 0.5) is 18.9 Å². The Morgan fingerprint density at radius 1 is 1.02 bits per heavy atom. The van der Waals surface area contributed by atoms with Crippen molar-refractivity contribution < 1.29 is 35.9 Å².